The lowest BCUT2D eigenvalue weighted by Gasteiger charge is -2.30. The highest BCUT2D eigenvalue weighted by Gasteiger charge is 2.23. The predicted octanol–water partition coefficient (Wildman–Crippen LogP) is 3.90. The number of nitrogen functional groups attached to an aromatic ring is 1. The van der Waals surface area contributed by atoms with E-state index in [2.05, 4.69) is 0 Å². The van der Waals surface area contributed by atoms with E-state index < -0.39 is 0 Å². The molecule has 2 heterocycles. The molecule has 1 aromatic heterocycles. The quantitative estimate of drug-likeness (QED) is 0.872. The molecular formula is C16H17ClN2OS. The summed E-state index contributed by atoms with van der Waals surface area (Å²) in [5.41, 5.74) is 8.90. The second kappa shape index (κ2) is 6.08. The first-order valence-corrected chi connectivity index (χ1v) is 8.31. The second-order valence-electron chi connectivity index (χ2n) is 5.23. The summed E-state index contributed by atoms with van der Waals surface area (Å²) >= 11 is 7.51. The molecule has 3 rings (SSSR count). The number of fused-ring (bicyclic) bond motifs is 1. The Bertz CT molecular complexity index is 668. The number of hydrogen-bond donors (Lipinski definition) is 1. The molecule has 1 aromatic carbocycles. The van der Waals surface area contributed by atoms with Crippen molar-refractivity contribution in [2.24, 2.45) is 0 Å². The molecule has 1 amide bonds. The van der Waals surface area contributed by atoms with Gasteiger partial charge < -0.3 is 10.6 Å². The zero-order valence-corrected chi connectivity index (χ0v) is 13.2. The first kappa shape index (κ1) is 14.4. The lowest BCUT2D eigenvalue weighted by molar-refractivity contribution is -0.118. The fraction of sp³-hybridized carbons (Fsp3) is 0.312. The molecule has 0 unspecified atom stereocenters. The van der Waals surface area contributed by atoms with Crippen molar-refractivity contribution in [3.05, 3.63) is 45.1 Å². The van der Waals surface area contributed by atoms with Gasteiger partial charge in [0.05, 0.1) is 5.02 Å². The minimum Gasteiger partial charge on any atom is -0.398 e. The molecule has 1 aliphatic heterocycles. The number of benzene rings is 1. The number of carbonyl (C=O) groups is 1. The van der Waals surface area contributed by atoms with E-state index in [-0.39, 0.29) is 5.91 Å². The van der Waals surface area contributed by atoms with Gasteiger partial charge in [-0.1, -0.05) is 17.7 Å². The number of halogens is 1. The van der Waals surface area contributed by atoms with Crippen LogP contribution in [0.1, 0.15) is 23.3 Å². The molecule has 2 N–H and O–H groups in total. The number of aryl methyl sites for hydroxylation is 1. The van der Waals surface area contributed by atoms with E-state index in [1.165, 1.54) is 0 Å². The van der Waals surface area contributed by atoms with Crippen molar-refractivity contribution in [3.63, 3.8) is 0 Å². The normalized spacial score (nSPS) is 14.0. The van der Waals surface area contributed by atoms with Crippen LogP contribution in [-0.2, 0) is 17.6 Å². The van der Waals surface area contributed by atoms with E-state index in [0.29, 0.717) is 6.42 Å². The van der Waals surface area contributed by atoms with E-state index in [1.807, 2.05) is 34.5 Å². The maximum absolute atomic E-state index is 12.5. The smallest absolute Gasteiger partial charge is 0.227 e. The van der Waals surface area contributed by atoms with Gasteiger partial charge in [0, 0.05) is 34.6 Å². The van der Waals surface area contributed by atoms with Gasteiger partial charge in [-0.25, -0.2) is 0 Å². The van der Waals surface area contributed by atoms with Crippen LogP contribution in [0.2, 0.25) is 5.02 Å². The third kappa shape index (κ3) is 3.06. The molecular weight excluding hydrogens is 304 g/mol. The Morgan fingerprint density at radius 3 is 3.05 bits per heavy atom. The summed E-state index contributed by atoms with van der Waals surface area (Å²) in [6.07, 6.45) is 3.17. The Hall–Kier alpha value is -1.52. The zero-order valence-electron chi connectivity index (χ0n) is 11.6. The summed E-state index contributed by atoms with van der Waals surface area (Å²) in [6.45, 7) is 0.778. The van der Waals surface area contributed by atoms with Crippen LogP contribution in [0.5, 0.6) is 0 Å². The fourth-order valence-corrected chi connectivity index (χ4v) is 3.84. The molecule has 110 valence electrons. The second-order valence-corrected chi connectivity index (χ2v) is 6.66. The molecule has 0 fully saturated rings. The number of rotatable bonds is 3. The van der Waals surface area contributed by atoms with Crippen LogP contribution < -0.4 is 10.6 Å². The van der Waals surface area contributed by atoms with E-state index in [9.17, 15) is 4.79 Å². The highest BCUT2D eigenvalue weighted by Crippen LogP contribution is 2.32. The summed E-state index contributed by atoms with van der Waals surface area (Å²) in [4.78, 5) is 15.5. The topological polar surface area (TPSA) is 46.3 Å². The van der Waals surface area contributed by atoms with Crippen molar-refractivity contribution >= 4 is 40.2 Å². The van der Waals surface area contributed by atoms with Crippen molar-refractivity contribution in [1.29, 1.82) is 0 Å². The Morgan fingerprint density at radius 1 is 1.43 bits per heavy atom. The minimum atomic E-state index is 0.158. The average molecular weight is 321 g/mol. The average Bonchev–Trinajstić information content (AvgIpc) is 2.90. The minimum absolute atomic E-state index is 0.158. The van der Waals surface area contributed by atoms with Gasteiger partial charge >= 0.3 is 0 Å². The SMILES string of the molecule is Nc1cccc2c1CCCN2C(=O)CCc1cc(Cl)cs1. The Morgan fingerprint density at radius 2 is 2.29 bits per heavy atom. The van der Waals surface area contributed by atoms with E-state index in [0.717, 1.165) is 52.6 Å². The fourth-order valence-electron chi connectivity index (χ4n) is 2.76. The zero-order chi connectivity index (χ0) is 14.8. The number of nitrogens with two attached hydrogens (primary N) is 1. The number of thiophene rings is 1. The van der Waals surface area contributed by atoms with Crippen LogP contribution in [0, 0.1) is 0 Å². The molecule has 0 saturated heterocycles. The summed E-state index contributed by atoms with van der Waals surface area (Å²) in [5, 5.41) is 2.65. The third-order valence-electron chi connectivity index (χ3n) is 3.79. The Kier molecular flexibility index (Phi) is 4.17. The number of hydrogen-bond acceptors (Lipinski definition) is 3. The van der Waals surface area contributed by atoms with Gasteiger partial charge in [-0.3, -0.25) is 4.79 Å². The number of carbonyl (C=O) groups excluding carboxylic acids is 1. The summed E-state index contributed by atoms with van der Waals surface area (Å²) in [5.74, 6) is 0.158. The highest BCUT2D eigenvalue weighted by atomic mass is 35.5. The molecule has 1 aliphatic rings. The third-order valence-corrected chi connectivity index (χ3v) is 5.14. The number of amides is 1. The lowest BCUT2D eigenvalue weighted by atomic mass is 9.99. The Labute approximate surface area is 133 Å². The monoisotopic (exact) mass is 320 g/mol. The maximum atomic E-state index is 12.5. The molecule has 0 radical (unpaired) electrons. The molecule has 0 bridgehead atoms. The van der Waals surface area contributed by atoms with Crippen LogP contribution in [-0.4, -0.2) is 12.5 Å². The van der Waals surface area contributed by atoms with Gasteiger partial charge in [-0.05, 0) is 43.0 Å². The number of nitrogens with zero attached hydrogens (tertiary/aromatic N) is 1. The summed E-state index contributed by atoms with van der Waals surface area (Å²) < 4.78 is 0. The predicted molar refractivity (Wildman–Crippen MR) is 89.2 cm³/mol. The van der Waals surface area contributed by atoms with E-state index in [4.69, 9.17) is 17.3 Å². The van der Waals surface area contributed by atoms with Crippen molar-refractivity contribution in [3.8, 4) is 0 Å². The van der Waals surface area contributed by atoms with E-state index >= 15 is 0 Å². The van der Waals surface area contributed by atoms with Crippen LogP contribution >= 0.6 is 22.9 Å². The van der Waals surface area contributed by atoms with Crippen LogP contribution in [0.25, 0.3) is 0 Å². The Balaban J connectivity index is 1.73. The molecule has 0 aliphatic carbocycles. The standard InChI is InChI=1S/C16H17ClN2OS/c17-11-9-12(21-10-11)6-7-16(20)19-8-2-3-13-14(18)4-1-5-15(13)19/h1,4-5,9-10H,2-3,6-8,18H2. The lowest BCUT2D eigenvalue weighted by Crippen LogP contribution is -2.35. The van der Waals surface area contributed by atoms with Crippen LogP contribution in [0.15, 0.2) is 29.6 Å². The summed E-state index contributed by atoms with van der Waals surface area (Å²) in [7, 11) is 0. The van der Waals surface area contributed by atoms with Crippen LogP contribution in [0.4, 0.5) is 11.4 Å². The maximum Gasteiger partial charge on any atom is 0.227 e. The van der Waals surface area contributed by atoms with Gasteiger partial charge in [0.15, 0.2) is 0 Å². The summed E-state index contributed by atoms with van der Waals surface area (Å²) in [6, 6.07) is 7.74. The molecule has 21 heavy (non-hydrogen) atoms. The molecule has 0 atom stereocenters. The first-order valence-electron chi connectivity index (χ1n) is 7.06. The molecule has 2 aromatic rings. The van der Waals surface area contributed by atoms with Gasteiger partial charge in [-0.2, -0.15) is 0 Å². The number of anilines is 2. The van der Waals surface area contributed by atoms with Gasteiger partial charge in [0.2, 0.25) is 5.91 Å². The van der Waals surface area contributed by atoms with Gasteiger partial charge in [0.1, 0.15) is 0 Å². The highest BCUT2D eigenvalue weighted by molar-refractivity contribution is 7.10. The van der Waals surface area contributed by atoms with Gasteiger partial charge in [0.25, 0.3) is 0 Å². The van der Waals surface area contributed by atoms with Crippen molar-refractivity contribution in [2.75, 3.05) is 17.2 Å². The molecule has 5 heteroatoms. The largest absolute Gasteiger partial charge is 0.398 e. The van der Waals surface area contributed by atoms with Crippen molar-refractivity contribution in [2.45, 2.75) is 25.7 Å². The molecule has 3 nitrogen and oxygen atoms in total. The molecule has 0 spiro atoms. The van der Waals surface area contributed by atoms with Crippen LogP contribution in [0.3, 0.4) is 0 Å². The first-order chi connectivity index (χ1) is 10.1. The molecule has 0 saturated carbocycles. The van der Waals surface area contributed by atoms with Crippen molar-refractivity contribution < 1.29 is 4.79 Å². The van der Waals surface area contributed by atoms with Crippen molar-refractivity contribution in [1.82, 2.24) is 0 Å². The van der Waals surface area contributed by atoms with E-state index in [1.54, 1.807) is 11.3 Å². The van der Waals surface area contributed by atoms with Gasteiger partial charge in [-0.15, -0.1) is 11.3 Å².